The zero-order valence-electron chi connectivity index (χ0n) is 27.9. The lowest BCUT2D eigenvalue weighted by Gasteiger charge is -2.27. The van der Waals surface area contributed by atoms with Crippen molar-refractivity contribution >= 4 is 41.7 Å². The maximum Gasteiger partial charge on any atom is 0.294 e. The molecule has 0 unspecified atom stereocenters. The minimum Gasteiger partial charge on any atom is -0.367 e. The van der Waals surface area contributed by atoms with E-state index in [1.807, 2.05) is 72.2 Å². The van der Waals surface area contributed by atoms with Crippen LogP contribution in [0.5, 0.6) is 0 Å². The lowest BCUT2D eigenvalue weighted by atomic mass is 9.85. The fourth-order valence-electron chi connectivity index (χ4n) is 6.22. The van der Waals surface area contributed by atoms with Gasteiger partial charge in [0.05, 0.1) is 14.7 Å². The summed E-state index contributed by atoms with van der Waals surface area (Å²) in [6, 6.07) is 33.4. The van der Waals surface area contributed by atoms with Crippen molar-refractivity contribution < 1.29 is 38.9 Å². The second-order valence-electron chi connectivity index (χ2n) is 11.8. The van der Waals surface area contributed by atoms with Gasteiger partial charge >= 0.3 is 0 Å². The third-order valence-electron chi connectivity index (χ3n) is 8.68. The summed E-state index contributed by atoms with van der Waals surface area (Å²) >= 11 is 0. The molecule has 0 aliphatic carbocycles. The lowest BCUT2D eigenvalue weighted by Crippen LogP contribution is -2.23. The second kappa shape index (κ2) is 15.4. The van der Waals surface area contributed by atoms with Crippen LogP contribution < -0.4 is 9.80 Å². The fourth-order valence-corrected chi connectivity index (χ4v) is 8.38. The van der Waals surface area contributed by atoms with E-state index < -0.39 is 36.3 Å². The van der Waals surface area contributed by atoms with Gasteiger partial charge in [-0.3, -0.25) is 13.7 Å². The molecule has 11 nitrogen and oxygen atoms in total. The number of hydrogen-bond donors (Lipinski definition) is 3. The van der Waals surface area contributed by atoms with E-state index in [2.05, 4.69) is 0 Å². The molecule has 0 radical (unpaired) electrons. The number of benzene rings is 5. The summed E-state index contributed by atoms with van der Waals surface area (Å²) < 4.78 is 103. The molecule has 5 aromatic rings. The molecule has 0 aliphatic heterocycles. The Balaban J connectivity index is 1.52. The molecule has 0 atom stereocenters. The molecule has 268 valence electrons. The second-order valence-corrected chi connectivity index (χ2v) is 16.0. The van der Waals surface area contributed by atoms with E-state index in [1.165, 1.54) is 36.4 Å². The molecule has 51 heavy (non-hydrogen) atoms. The van der Waals surface area contributed by atoms with Crippen LogP contribution in [0.15, 0.2) is 136 Å². The molecule has 0 aliphatic rings. The third kappa shape index (κ3) is 8.84. The molecule has 3 N–H and O–H groups in total. The van der Waals surface area contributed by atoms with Crippen LogP contribution in [0.4, 0.5) is 11.4 Å². The Bertz CT molecular complexity index is 2200. The average Bonchev–Trinajstić information content (AvgIpc) is 3.10. The summed E-state index contributed by atoms with van der Waals surface area (Å²) in [5.41, 5.74) is 4.14. The zero-order chi connectivity index (χ0) is 37.0. The smallest absolute Gasteiger partial charge is 0.294 e. The SMILES string of the molecule is CCN(Cc1ccccc1S(=O)(=O)O)c1ccc(C(c2ccc(N(CC)Cc3ccccc3S(=O)(=O)O)cc2)c2ccccc2S(=O)(=O)O)cc1. The van der Waals surface area contributed by atoms with Crippen LogP contribution in [0.1, 0.15) is 47.6 Å². The summed E-state index contributed by atoms with van der Waals surface area (Å²) in [5.74, 6) is -0.642. The Labute approximate surface area is 299 Å². The first-order valence-electron chi connectivity index (χ1n) is 16.0. The van der Waals surface area contributed by atoms with Crippen molar-refractivity contribution in [3.8, 4) is 0 Å². The highest BCUT2D eigenvalue weighted by Crippen LogP contribution is 2.37. The largest absolute Gasteiger partial charge is 0.367 e. The van der Waals surface area contributed by atoms with E-state index in [0.717, 1.165) is 11.4 Å². The van der Waals surface area contributed by atoms with Crippen LogP contribution in [-0.2, 0) is 43.4 Å². The van der Waals surface area contributed by atoms with Crippen molar-refractivity contribution in [2.75, 3.05) is 22.9 Å². The number of nitrogens with zero attached hydrogens (tertiary/aromatic N) is 2. The van der Waals surface area contributed by atoms with Gasteiger partial charge in [-0.15, -0.1) is 0 Å². The summed E-state index contributed by atoms with van der Waals surface area (Å²) in [7, 11) is -13.5. The molecule has 0 saturated carbocycles. The van der Waals surface area contributed by atoms with E-state index in [4.69, 9.17) is 0 Å². The normalized spacial score (nSPS) is 12.2. The summed E-state index contributed by atoms with van der Waals surface area (Å²) in [4.78, 5) is 3.29. The van der Waals surface area contributed by atoms with Crippen molar-refractivity contribution in [2.24, 2.45) is 0 Å². The maximum absolute atomic E-state index is 12.5. The average molecular weight is 751 g/mol. The van der Waals surface area contributed by atoms with Crippen molar-refractivity contribution in [1.29, 1.82) is 0 Å². The van der Waals surface area contributed by atoms with Gasteiger partial charge in [0.15, 0.2) is 0 Å². The monoisotopic (exact) mass is 750 g/mol. The molecular weight excluding hydrogens is 713 g/mol. The third-order valence-corrected chi connectivity index (χ3v) is 11.5. The summed E-state index contributed by atoms with van der Waals surface area (Å²) in [6.07, 6.45) is 0. The molecule has 0 aromatic heterocycles. The Morgan fingerprint density at radius 2 is 0.804 bits per heavy atom. The van der Waals surface area contributed by atoms with Crippen molar-refractivity contribution in [2.45, 2.75) is 47.5 Å². The molecule has 14 heteroatoms. The van der Waals surface area contributed by atoms with Crippen LogP contribution in [0.3, 0.4) is 0 Å². The highest BCUT2D eigenvalue weighted by atomic mass is 32.2. The maximum atomic E-state index is 12.5. The zero-order valence-corrected chi connectivity index (χ0v) is 30.3. The quantitative estimate of drug-likeness (QED) is 0.0820. The first-order valence-corrected chi connectivity index (χ1v) is 20.3. The van der Waals surface area contributed by atoms with Gasteiger partial charge in [-0.05, 0) is 84.1 Å². The number of hydrogen-bond acceptors (Lipinski definition) is 8. The van der Waals surface area contributed by atoms with Gasteiger partial charge in [-0.25, -0.2) is 0 Å². The Hall–Kier alpha value is -4.57. The number of anilines is 2. The molecular formula is C37H38N2O9S3. The topological polar surface area (TPSA) is 170 Å². The van der Waals surface area contributed by atoms with Crippen LogP contribution >= 0.6 is 0 Å². The minimum atomic E-state index is -4.60. The van der Waals surface area contributed by atoms with E-state index in [0.29, 0.717) is 40.9 Å². The van der Waals surface area contributed by atoms with Gasteiger partial charge in [-0.1, -0.05) is 78.9 Å². The predicted molar refractivity (Wildman–Crippen MR) is 196 cm³/mol. The van der Waals surface area contributed by atoms with E-state index in [-0.39, 0.29) is 27.8 Å². The van der Waals surface area contributed by atoms with Crippen molar-refractivity contribution in [3.05, 3.63) is 149 Å². The number of rotatable bonds is 14. The lowest BCUT2D eigenvalue weighted by molar-refractivity contribution is 0.479. The van der Waals surface area contributed by atoms with Gasteiger partial charge in [0, 0.05) is 43.5 Å². The van der Waals surface area contributed by atoms with Crippen LogP contribution in [0.2, 0.25) is 0 Å². The Kier molecular flexibility index (Phi) is 11.3. The van der Waals surface area contributed by atoms with Crippen molar-refractivity contribution in [1.82, 2.24) is 0 Å². The highest BCUT2D eigenvalue weighted by molar-refractivity contribution is 7.86. The first-order chi connectivity index (χ1) is 24.1. The van der Waals surface area contributed by atoms with Gasteiger partial charge in [-0.2, -0.15) is 25.3 Å². The summed E-state index contributed by atoms with van der Waals surface area (Å²) in [6.45, 7) is 5.25. The highest BCUT2D eigenvalue weighted by Gasteiger charge is 2.26. The summed E-state index contributed by atoms with van der Waals surface area (Å²) in [5, 5.41) is 0. The minimum absolute atomic E-state index is 0.172. The van der Waals surface area contributed by atoms with E-state index >= 15 is 0 Å². The molecule has 0 spiro atoms. The fraction of sp³-hybridized carbons (Fsp3) is 0.189. The van der Waals surface area contributed by atoms with Gasteiger partial charge in [0.2, 0.25) is 0 Å². The van der Waals surface area contributed by atoms with E-state index in [9.17, 15) is 38.9 Å². The molecule has 0 amide bonds. The van der Waals surface area contributed by atoms with Crippen molar-refractivity contribution in [3.63, 3.8) is 0 Å². The molecule has 0 heterocycles. The van der Waals surface area contributed by atoms with E-state index in [1.54, 1.807) is 36.4 Å². The molecule has 0 bridgehead atoms. The standard InChI is InChI=1S/C37H38N2O9S3/c1-3-38(25-29-11-5-8-14-34(29)49(40,41)42)31-21-17-27(18-22-31)37(33-13-7-10-16-36(33)51(46,47)48)28-19-23-32(24-20-28)39(4-2)26-30-12-6-9-15-35(30)50(43,44)45/h5-24,37H,3-4,25-26H2,1-2H3,(H,40,41,42)(H,43,44,45)(H,46,47,48). The molecule has 0 saturated heterocycles. The molecule has 0 fully saturated rings. The van der Waals surface area contributed by atoms with Crippen LogP contribution in [0.25, 0.3) is 0 Å². The molecule has 5 rings (SSSR count). The Morgan fingerprint density at radius 1 is 0.471 bits per heavy atom. The Morgan fingerprint density at radius 3 is 1.16 bits per heavy atom. The molecule has 5 aromatic carbocycles. The van der Waals surface area contributed by atoms with Crippen LogP contribution in [-0.4, -0.2) is 52.0 Å². The van der Waals surface area contributed by atoms with Gasteiger partial charge in [0.1, 0.15) is 0 Å². The first kappa shape index (κ1) is 37.7. The van der Waals surface area contributed by atoms with Gasteiger partial charge < -0.3 is 9.80 Å². The predicted octanol–water partition coefficient (Wildman–Crippen LogP) is 6.66. The van der Waals surface area contributed by atoms with Crippen LogP contribution in [0, 0.1) is 0 Å². The van der Waals surface area contributed by atoms with Gasteiger partial charge in [0.25, 0.3) is 30.4 Å².